The zero-order valence-corrected chi connectivity index (χ0v) is 11.7. The van der Waals surface area contributed by atoms with Crippen LogP contribution in [-0.2, 0) is 4.57 Å². The van der Waals surface area contributed by atoms with Crippen molar-refractivity contribution in [2.24, 2.45) is 0 Å². The average Bonchev–Trinajstić information content (AvgIpc) is 2.47. The first-order chi connectivity index (χ1) is 8.69. The van der Waals surface area contributed by atoms with Crippen molar-refractivity contribution in [2.45, 2.75) is 19.5 Å². The minimum Gasteiger partial charge on any atom is -0.313 e. The first-order valence-electron chi connectivity index (χ1n) is 6.20. The van der Waals surface area contributed by atoms with Crippen LogP contribution < -0.4 is 10.6 Å². The molecule has 2 rings (SSSR count). The second kappa shape index (κ2) is 5.54. The molecule has 1 radical (unpaired) electrons. The maximum absolute atomic E-state index is 13.5. The van der Waals surface area contributed by atoms with Crippen LogP contribution in [0.1, 0.15) is 13.8 Å². The highest BCUT2D eigenvalue weighted by atomic mass is 31.2. The third-order valence-corrected chi connectivity index (χ3v) is 6.91. The van der Waals surface area contributed by atoms with E-state index in [0.29, 0.717) is 0 Å². The minimum absolute atomic E-state index is 0.0438. The molecule has 0 heterocycles. The van der Waals surface area contributed by atoms with Gasteiger partial charge in [-0.2, -0.15) is 0 Å². The first-order valence-corrected chi connectivity index (χ1v) is 7.97. The summed E-state index contributed by atoms with van der Waals surface area (Å²) in [7, 11) is -2.57. The Kier molecular flexibility index (Phi) is 4.04. The summed E-state index contributed by atoms with van der Waals surface area (Å²) >= 11 is 0. The number of hydrogen-bond donors (Lipinski definition) is 0. The fraction of sp³-hybridized carbons (Fsp3) is 0.188. The maximum atomic E-state index is 13.5. The molecule has 1 atom stereocenters. The van der Waals surface area contributed by atoms with E-state index in [0.717, 1.165) is 10.6 Å². The van der Waals surface area contributed by atoms with Gasteiger partial charge < -0.3 is 4.57 Å². The molecule has 1 unspecified atom stereocenters. The summed E-state index contributed by atoms with van der Waals surface area (Å²) in [6.45, 7) is 4.00. The van der Waals surface area contributed by atoms with Gasteiger partial charge in [-0.05, 0) is 6.42 Å². The van der Waals surface area contributed by atoms with Crippen molar-refractivity contribution in [3.63, 3.8) is 0 Å². The lowest BCUT2D eigenvalue weighted by atomic mass is 10.3. The van der Waals surface area contributed by atoms with Gasteiger partial charge in [-0.3, -0.25) is 0 Å². The molecule has 1 nitrogen and oxygen atoms in total. The van der Waals surface area contributed by atoms with Crippen LogP contribution >= 0.6 is 7.14 Å². The number of hydrogen-bond acceptors (Lipinski definition) is 1. The molecule has 0 aliphatic rings. The summed E-state index contributed by atoms with van der Waals surface area (Å²) in [5, 5.41) is 1.86. The maximum Gasteiger partial charge on any atom is 0.146 e. The van der Waals surface area contributed by atoms with Gasteiger partial charge in [-0.25, -0.2) is 0 Å². The molecule has 18 heavy (non-hydrogen) atoms. The van der Waals surface area contributed by atoms with Gasteiger partial charge in [-0.15, -0.1) is 0 Å². The van der Waals surface area contributed by atoms with Crippen LogP contribution in [0.15, 0.2) is 60.7 Å². The van der Waals surface area contributed by atoms with Crippen LogP contribution in [0.25, 0.3) is 0 Å². The molecule has 0 bridgehead atoms. The Labute approximate surface area is 109 Å². The van der Waals surface area contributed by atoms with E-state index < -0.39 is 7.14 Å². The van der Waals surface area contributed by atoms with Gasteiger partial charge in [0.15, 0.2) is 0 Å². The van der Waals surface area contributed by atoms with E-state index in [2.05, 4.69) is 0 Å². The second-order valence-corrected chi connectivity index (χ2v) is 7.57. The fourth-order valence-corrected chi connectivity index (χ4v) is 5.02. The largest absolute Gasteiger partial charge is 0.313 e. The van der Waals surface area contributed by atoms with E-state index in [-0.39, 0.29) is 5.66 Å². The van der Waals surface area contributed by atoms with E-state index in [1.54, 1.807) is 0 Å². The molecular weight excluding hydrogens is 239 g/mol. The van der Waals surface area contributed by atoms with E-state index in [1.807, 2.05) is 80.9 Å². The molecule has 0 fully saturated rings. The molecule has 0 amide bonds. The topological polar surface area (TPSA) is 17.1 Å². The van der Waals surface area contributed by atoms with Crippen LogP contribution in [0.2, 0.25) is 0 Å². The predicted molar refractivity (Wildman–Crippen MR) is 79.2 cm³/mol. The second-order valence-electron chi connectivity index (χ2n) is 4.40. The molecule has 0 aromatic heterocycles. The third-order valence-electron chi connectivity index (χ3n) is 3.34. The van der Waals surface area contributed by atoms with Gasteiger partial charge in [0.25, 0.3) is 0 Å². The Morgan fingerprint density at radius 1 is 0.889 bits per heavy atom. The molecule has 0 saturated carbocycles. The van der Waals surface area contributed by atoms with Crippen molar-refractivity contribution in [1.82, 2.24) is 0 Å². The highest BCUT2D eigenvalue weighted by Gasteiger charge is 2.32. The summed E-state index contributed by atoms with van der Waals surface area (Å²) in [6.07, 6.45) is 2.03. The molecule has 0 aliphatic heterocycles. The van der Waals surface area contributed by atoms with Crippen molar-refractivity contribution in [3.8, 4) is 0 Å². The highest BCUT2D eigenvalue weighted by molar-refractivity contribution is 7.79. The quantitative estimate of drug-likeness (QED) is 0.765. The van der Waals surface area contributed by atoms with Crippen molar-refractivity contribution in [1.29, 1.82) is 0 Å². The highest BCUT2D eigenvalue weighted by Crippen LogP contribution is 2.49. The summed E-state index contributed by atoms with van der Waals surface area (Å²) in [4.78, 5) is 0. The van der Waals surface area contributed by atoms with Gasteiger partial charge in [-0.1, -0.05) is 74.5 Å². The Morgan fingerprint density at radius 2 is 1.28 bits per heavy atom. The lowest BCUT2D eigenvalue weighted by Gasteiger charge is -2.24. The Balaban J connectivity index is 2.59. The molecule has 2 aromatic carbocycles. The Morgan fingerprint density at radius 3 is 1.61 bits per heavy atom. The van der Waals surface area contributed by atoms with Crippen LogP contribution in [0.3, 0.4) is 0 Å². The monoisotopic (exact) mass is 257 g/mol. The van der Waals surface area contributed by atoms with Crippen LogP contribution in [0.4, 0.5) is 0 Å². The molecule has 2 heteroatoms. The molecule has 0 N–H and O–H groups in total. The summed E-state index contributed by atoms with van der Waals surface area (Å²) in [5.74, 6) is 0. The van der Waals surface area contributed by atoms with Gasteiger partial charge in [0, 0.05) is 16.3 Å². The Bertz CT molecular complexity index is 490. The molecule has 0 aliphatic carbocycles. The number of benzene rings is 2. The standard InChI is InChI=1S/C16H18OP/c1-3-14(2)18(17,15-10-6-4-7-11-15)16-12-8-5-9-13-16/h3-14H,1-2H3. The van der Waals surface area contributed by atoms with Gasteiger partial charge in [0.1, 0.15) is 7.14 Å². The number of rotatable bonds is 4. The van der Waals surface area contributed by atoms with Crippen molar-refractivity contribution < 1.29 is 4.57 Å². The normalized spacial score (nSPS) is 13.2. The van der Waals surface area contributed by atoms with Crippen molar-refractivity contribution in [3.05, 3.63) is 67.1 Å². The van der Waals surface area contributed by atoms with Crippen molar-refractivity contribution >= 4 is 17.8 Å². The lowest BCUT2D eigenvalue weighted by molar-refractivity contribution is 0.582. The van der Waals surface area contributed by atoms with Gasteiger partial charge >= 0.3 is 0 Å². The first kappa shape index (κ1) is 13.1. The fourth-order valence-electron chi connectivity index (χ4n) is 2.13. The van der Waals surface area contributed by atoms with Gasteiger partial charge in [0.2, 0.25) is 0 Å². The van der Waals surface area contributed by atoms with Crippen LogP contribution in [-0.4, -0.2) is 5.66 Å². The minimum atomic E-state index is -2.57. The van der Waals surface area contributed by atoms with E-state index in [4.69, 9.17) is 0 Å². The average molecular weight is 257 g/mol. The van der Waals surface area contributed by atoms with Crippen LogP contribution in [0.5, 0.6) is 0 Å². The molecule has 93 valence electrons. The van der Waals surface area contributed by atoms with Crippen molar-refractivity contribution in [2.75, 3.05) is 0 Å². The molecular formula is C16H18OP. The molecule has 2 aromatic rings. The smallest absolute Gasteiger partial charge is 0.146 e. The zero-order chi connectivity index (χ0) is 13.0. The van der Waals surface area contributed by atoms with Crippen LogP contribution in [0, 0.1) is 6.42 Å². The summed E-state index contributed by atoms with van der Waals surface area (Å²) in [5.41, 5.74) is 0.0438. The molecule has 0 spiro atoms. The van der Waals surface area contributed by atoms with Gasteiger partial charge in [0.05, 0.1) is 0 Å². The Hall–Kier alpha value is -1.33. The van der Waals surface area contributed by atoms with E-state index >= 15 is 0 Å². The molecule has 0 saturated heterocycles. The van der Waals surface area contributed by atoms with E-state index in [9.17, 15) is 4.57 Å². The lowest BCUT2D eigenvalue weighted by Crippen LogP contribution is -2.23. The SMILES string of the molecule is C[CH]C(C)P(=O)(c1ccccc1)c1ccccc1. The third kappa shape index (κ3) is 2.28. The summed E-state index contributed by atoms with van der Waals surface area (Å²) < 4.78 is 13.5. The van der Waals surface area contributed by atoms with E-state index in [1.165, 1.54) is 0 Å². The predicted octanol–water partition coefficient (Wildman–Crippen LogP) is 3.61. The zero-order valence-electron chi connectivity index (χ0n) is 10.8. The summed E-state index contributed by atoms with van der Waals surface area (Å²) in [6, 6.07) is 19.6.